The molecule has 0 aliphatic carbocycles. The molecule has 7 nitrogen and oxygen atoms in total. The average Bonchev–Trinajstić information content (AvgIpc) is 2.99. The third-order valence-electron chi connectivity index (χ3n) is 2.70. The van der Waals surface area contributed by atoms with Crippen molar-refractivity contribution in [3.05, 3.63) is 24.5 Å². The van der Waals surface area contributed by atoms with Gasteiger partial charge in [-0.25, -0.2) is 4.98 Å². The minimum absolute atomic E-state index is 0.385. The number of hydrogen-bond donors (Lipinski definition) is 1. The molecule has 3 heterocycles. The van der Waals surface area contributed by atoms with Gasteiger partial charge in [0, 0.05) is 19.0 Å². The zero-order chi connectivity index (χ0) is 11.7. The molecule has 0 amide bonds. The van der Waals surface area contributed by atoms with Crippen molar-refractivity contribution in [2.45, 2.75) is 12.0 Å². The minimum Gasteiger partial charge on any atom is -0.379 e. The lowest BCUT2D eigenvalue weighted by Gasteiger charge is -2.14. The Morgan fingerprint density at radius 3 is 3.00 bits per heavy atom. The molecule has 1 saturated heterocycles. The lowest BCUT2D eigenvalue weighted by atomic mass is 10.0. The highest BCUT2D eigenvalue weighted by atomic mass is 16.5. The van der Waals surface area contributed by atoms with Crippen LogP contribution in [0.3, 0.4) is 0 Å². The van der Waals surface area contributed by atoms with Crippen LogP contribution in [0.4, 0.5) is 0 Å². The molecule has 7 heteroatoms. The molecule has 2 aromatic rings. The van der Waals surface area contributed by atoms with Gasteiger partial charge in [0.2, 0.25) is 11.7 Å². The number of hydrogen-bond acceptors (Lipinski definition) is 7. The van der Waals surface area contributed by atoms with Crippen LogP contribution in [-0.2, 0) is 10.3 Å². The fraction of sp³-hybridized carbons (Fsp3) is 0.400. The first-order chi connectivity index (χ1) is 8.28. The van der Waals surface area contributed by atoms with Crippen LogP contribution >= 0.6 is 0 Å². The van der Waals surface area contributed by atoms with Gasteiger partial charge in [-0.1, -0.05) is 5.16 Å². The van der Waals surface area contributed by atoms with Crippen molar-refractivity contribution >= 4 is 0 Å². The number of aromatic nitrogens is 4. The Hall–Kier alpha value is -1.86. The molecule has 0 radical (unpaired) electrons. The molecule has 1 aliphatic heterocycles. The first-order valence-electron chi connectivity index (χ1n) is 5.25. The van der Waals surface area contributed by atoms with Gasteiger partial charge in [-0.2, -0.15) is 4.98 Å². The van der Waals surface area contributed by atoms with E-state index in [0.29, 0.717) is 37.0 Å². The predicted molar refractivity (Wildman–Crippen MR) is 56.6 cm³/mol. The molecule has 1 unspecified atom stereocenters. The van der Waals surface area contributed by atoms with Crippen molar-refractivity contribution < 1.29 is 9.26 Å². The smallest absolute Gasteiger partial charge is 0.249 e. The van der Waals surface area contributed by atoms with E-state index in [4.69, 9.17) is 15.0 Å². The number of ether oxygens (including phenoxy) is 1. The molecular formula is C10H11N5O2. The molecule has 1 aliphatic rings. The van der Waals surface area contributed by atoms with Crippen LogP contribution in [0.2, 0.25) is 0 Å². The van der Waals surface area contributed by atoms with Gasteiger partial charge < -0.3 is 15.0 Å². The van der Waals surface area contributed by atoms with Crippen molar-refractivity contribution in [3.8, 4) is 11.5 Å². The summed E-state index contributed by atoms with van der Waals surface area (Å²) in [6.45, 7) is 1.01. The van der Waals surface area contributed by atoms with Crippen LogP contribution in [0.15, 0.2) is 23.1 Å². The fourth-order valence-electron chi connectivity index (χ4n) is 1.69. The maximum Gasteiger partial charge on any atom is 0.249 e. The Labute approximate surface area is 97.0 Å². The van der Waals surface area contributed by atoms with Crippen LogP contribution in [0.1, 0.15) is 12.3 Å². The Morgan fingerprint density at radius 2 is 2.29 bits per heavy atom. The molecule has 88 valence electrons. The predicted octanol–water partition coefficient (Wildman–Crippen LogP) is 0.101. The van der Waals surface area contributed by atoms with Crippen molar-refractivity contribution in [2.24, 2.45) is 5.73 Å². The summed E-state index contributed by atoms with van der Waals surface area (Å²) in [4.78, 5) is 12.3. The second-order valence-electron chi connectivity index (χ2n) is 3.97. The number of nitrogens with zero attached hydrogens (tertiary/aromatic N) is 4. The van der Waals surface area contributed by atoms with Gasteiger partial charge in [0.05, 0.1) is 12.8 Å². The van der Waals surface area contributed by atoms with Crippen molar-refractivity contribution in [1.82, 2.24) is 20.1 Å². The summed E-state index contributed by atoms with van der Waals surface area (Å²) >= 11 is 0. The third kappa shape index (κ3) is 1.79. The van der Waals surface area contributed by atoms with E-state index in [-0.39, 0.29) is 0 Å². The highest BCUT2D eigenvalue weighted by Crippen LogP contribution is 2.27. The normalized spacial score (nSPS) is 24.1. The minimum atomic E-state index is -0.673. The van der Waals surface area contributed by atoms with E-state index in [2.05, 4.69) is 20.1 Å². The van der Waals surface area contributed by atoms with Gasteiger partial charge in [-0.15, -0.1) is 0 Å². The summed E-state index contributed by atoms with van der Waals surface area (Å²) in [6, 6.07) is 0. The van der Waals surface area contributed by atoms with Crippen LogP contribution in [0.25, 0.3) is 11.5 Å². The zero-order valence-electron chi connectivity index (χ0n) is 9.04. The number of rotatable bonds is 2. The summed E-state index contributed by atoms with van der Waals surface area (Å²) in [6.07, 6.45) is 5.40. The Morgan fingerprint density at radius 1 is 1.35 bits per heavy atom. The Balaban J connectivity index is 1.93. The molecule has 3 rings (SSSR count). The molecule has 0 spiro atoms. The summed E-state index contributed by atoms with van der Waals surface area (Å²) in [7, 11) is 0. The molecule has 1 atom stereocenters. The van der Waals surface area contributed by atoms with Crippen LogP contribution in [0, 0.1) is 0 Å². The summed E-state index contributed by atoms with van der Waals surface area (Å²) in [5, 5.41) is 3.85. The third-order valence-corrected chi connectivity index (χ3v) is 2.70. The second kappa shape index (κ2) is 3.86. The second-order valence-corrected chi connectivity index (χ2v) is 3.97. The Kier molecular flexibility index (Phi) is 2.34. The largest absolute Gasteiger partial charge is 0.379 e. The van der Waals surface area contributed by atoms with Crippen molar-refractivity contribution in [1.29, 1.82) is 0 Å². The molecule has 2 N–H and O–H groups in total. The summed E-state index contributed by atoms with van der Waals surface area (Å²) in [5.41, 5.74) is 6.00. The highest BCUT2D eigenvalue weighted by molar-refractivity contribution is 5.45. The topological polar surface area (TPSA) is 100.0 Å². The zero-order valence-corrected chi connectivity index (χ0v) is 9.04. The van der Waals surface area contributed by atoms with Crippen LogP contribution in [-0.4, -0.2) is 33.3 Å². The molecular weight excluding hydrogens is 222 g/mol. The molecule has 1 fully saturated rings. The van der Waals surface area contributed by atoms with Crippen molar-refractivity contribution in [3.63, 3.8) is 0 Å². The van der Waals surface area contributed by atoms with E-state index in [1.165, 1.54) is 0 Å². The van der Waals surface area contributed by atoms with E-state index in [9.17, 15) is 0 Å². The SMILES string of the molecule is NC1(c2nc(-c3cnccn3)no2)CCOC1. The average molecular weight is 233 g/mol. The first kappa shape index (κ1) is 10.3. The molecule has 2 aromatic heterocycles. The van der Waals surface area contributed by atoms with Gasteiger partial charge in [0.15, 0.2) is 0 Å². The summed E-state index contributed by atoms with van der Waals surface area (Å²) < 4.78 is 10.4. The van der Waals surface area contributed by atoms with Crippen LogP contribution in [0.5, 0.6) is 0 Å². The van der Waals surface area contributed by atoms with Crippen LogP contribution < -0.4 is 5.73 Å². The highest BCUT2D eigenvalue weighted by Gasteiger charge is 2.38. The molecule has 0 saturated carbocycles. The van der Waals surface area contributed by atoms with E-state index >= 15 is 0 Å². The van der Waals surface area contributed by atoms with Gasteiger partial charge in [0.1, 0.15) is 11.2 Å². The van der Waals surface area contributed by atoms with E-state index in [1.54, 1.807) is 18.6 Å². The van der Waals surface area contributed by atoms with E-state index < -0.39 is 5.54 Å². The lowest BCUT2D eigenvalue weighted by Crippen LogP contribution is -2.37. The van der Waals surface area contributed by atoms with E-state index in [1.807, 2.05) is 0 Å². The first-order valence-corrected chi connectivity index (χ1v) is 5.25. The van der Waals surface area contributed by atoms with Gasteiger partial charge in [0.25, 0.3) is 0 Å². The maximum absolute atomic E-state index is 6.11. The number of nitrogens with two attached hydrogens (primary N) is 1. The standard InChI is InChI=1S/C10H11N5O2/c11-10(1-4-16-6-10)9-14-8(15-17-9)7-5-12-2-3-13-7/h2-3,5H,1,4,6,11H2. The van der Waals surface area contributed by atoms with Gasteiger partial charge in [-0.05, 0) is 6.42 Å². The van der Waals surface area contributed by atoms with E-state index in [0.717, 1.165) is 0 Å². The summed E-state index contributed by atoms with van der Waals surface area (Å²) in [5.74, 6) is 0.778. The van der Waals surface area contributed by atoms with Gasteiger partial charge in [-0.3, -0.25) is 4.98 Å². The molecule has 0 bridgehead atoms. The van der Waals surface area contributed by atoms with Crippen molar-refractivity contribution in [2.75, 3.05) is 13.2 Å². The monoisotopic (exact) mass is 233 g/mol. The fourth-order valence-corrected chi connectivity index (χ4v) is 1.69. The lowest BCUT2D eigenvalue weighted by molar-refractivity contribution is 0.166. The Bertz CT molecular complexity index is 506. The quantitative estimate of drug-likeness (QED) is 0.785. The molecule has 17 heavy (non-hydrogen) atoms. The maximum atomic E-state index is 6.11. The molecule has 0 aromatic carbocycles. The van der Waals surface area contributed by atoms with Gasteiger partial charge >= 0.3 is 0 Å².